The van der Waals surface area contributed by atoms with E-state index >= 15 is 0 Å². The number of nitrogens with zero attached hydrogens (tertiary/aromatic N) is 2. The molecule has 0 fully saturated rings. The molecule has 1 amide bonds. The second kappa shape index (κ2) is 5.79. The minimum absolute atomic E-state index is 0.169. The zero-order valence-corrected chi connectivity index (χ0v) is 12.2. The Morgan fingerprint density at radius 2 is 1.84 bits per heavy atom. The molecule has 0 bridgehead atoms. The topological polar surface area (TPSA) is 66.9 Å². The molecule has 0 atom stereocenters. The zero-order chi connectivity index (χ0) is 13.8. The van der Waals surface area contributed by atoms with Gasteiger partial charge in [-0.3, -0.25) is 4.79 Å². The number of hydrogen-bond donors (Lipinski definition) is 2. The Morgan fingerprint density at radius 1 is 1.16 bits per heavy atom. The number of carbonyl (C=O) groups excluding carboxylic acids is 1. The number of amides is 1. The molecule has 0 aliphatic rings. The third kappa shape index (κ3) is 3.75. The summed E-state index contributed by atoms with van der Waals surface area (Å²) in [6, 6.07) is 9.39. The van der Waals surface area contributed by atoms with Crippen LogP contribution in [-0.4, -0.2) is 16.1 Å². The Balaban J connectivity index is 2.10. The van der Waals surface area contributed by atoms with Crippen molar-refractivity contribution in [3.63, 3.8) is 0 Å². The fourth-order valence-electron chi connectivity index (χ4n) is 1.46. The SMILES string of the molecule is CC(=O)Nc1ccc(Nc2ccc(C)c(Br)c2)nn1. The lowest BCUT2D eigenvalue weighted by atomic mass is 10.2. The lowest BCUT2D eigenvalue weighted by Gasteiger charge is -2.07. The smallest absolute Gasteiger partial charge is 0.222 e. The third-order valence-corrected chi connectivity index (χ3v) is 3.27. The number of benzene rings is 1. The van der Waals surface area contributed by atoms with Gasteiger partial charge in [-0.15, -0.1) is 10.2 Å². The molecule has 98 valence electrons. The van der Waals surface area contributed by atoms with Gasteiger partial charge in [-0.25, -0.2) is 0 Å². The van der Waals surface area contributed by atoms with E-state index in [2.05, 4.69) is 36.8 Å². The highest BCUT2D eigenvalue weighted by atomic mass is 79.9. The summed E-state index contributed by atoms with van der Waals surface area (Å²) in [5.74, 6) is 0.880. The molecule has 1 aromatic carbocycles. The average molecular weight is 321 g/mol. The average Bonchev–Trinajstić information content (AvgIpc) is 2.36. The van der Waals surface area contributed by atoms with E-state index in [1.807, 2.05) is 25.1 Å². The van der Waals surface area contributed by atoms with Crippen molar-refractivity contribution in [2.75, 3.05) is 10.6 Å². The van der Waals surface area contributed by atoms with E-state index in [-0.39, 0.29) is 5.91 Å². The van der Waals surface area contributed by atoms with E-state index in [1.54, 1.807) is 12.1 Å². The van der Waals surface area contributed by atoms with Crippen LogP contribution in [0.15, 0.2) is 34.8 Å². The van der Waals surface area contributed by atoms with Crippen LogP contribution in [0.2, 0.25) is 0 Å². The first-order chi connectivity index (χ1) is 9.04. The predicted octanol–water partition coefficient (Wildman–Crippen LogP) is 3.25. The van der Waals surface area contributed by atoms with Gasteiger partial charge in [0.2, 0.25) is 5.91 Å². The number of aromatic nitrogens is 2. The van der Waals surface area contributed by atoms with Crippen molar-refractivity contribution in [2.24, 2.45) is 0 Å². The Labute approximate surface area is 119 Å². The fraction of sp³-hybridized carbons (Fsp3) is 0.154. The molecule has 0 saturated heterocycles. The number of hydrogen-bond acceptors (Lipinski definition) is 4. The normalized spacial score (nSPS) is 10.1. The van der Waals surface area contributed by atoms with Gasteiger partial charge >= 0.3 is 0 Å². The highest BCUT2D eigenvalue weighted by molar-refractivity contribution is 9.10. The highest BCUT2D eigenvalue weighted by Gasteiger charge is 2.01. The van der Waals surface area contributed by atoms with Crippen LogP contribution in [0.25, 0.3) is 0 Å². The van der Waals surface area contributed by atoms with E-state index in [1.165, 1.54) is 6.92 Å². The molecule has 19 heavy (non-hydrogen) atoms. The number of anilines is 3. The molecule has 1 aromatic heterocycles. The van der Waals surface area contributed by atoms with Crippen molar-refractivity contribution in [1.29, 1.82) is 0 Å². The molecule has 2 N–H and O–H groups in total. The zero-order valence-electron chi connectivity index (χ0n) is 10.6. The summed E-state index contributed by atoms with van der Waals surface area (Å²) < 4.78 is 1.03. The summed E-state index contributed by atoms with van der Waals surface area (Å²) in [5, 5.41) is 13.6. The lowest BCUT2D eigenvalue weighted by molar-refractivity contribution is -0.114. The molecule has 0 aliphatic heterocycles. The second-order valence-corrected chi connectivity index (χ2v) is 4.93. The van der Waals surface area contributed by atoms with Crippen LogP contribution in [0.5, 0.6) is 0 Å². The predicted molar refractivity (Wildman–Crippen MR) is 78.5 cm³/mol. The third-order valence-electron chi connectivity index (χ3n) is 2.41. The van der Waals surface area contributed by atoms with Gasteiger partial charge in [0.15, 0.2) is 11.6 Å². The molecule has 0 aliphatic carbocycles. The van der Waals surface area contributed by atoms with E-state index in [0.717, 1.165) is 15.7 Å². The summed E-state index contributed by atoms with van der Waals surface area (Å²) in [5.41, 5.74) is 2.08. The number of aryl methyl sites for hydroxylation is 1. The van der Waals surface area contributed by atoms with E-state index in [0.29, 0.717) is 11.6 Å². The summed E-state index contributed by atoms with van der Waals surface area (Å²) >= 11 is 3.47. The maximum absolute atomic E-state index is 10.9. The summed E-state index contributed by atoms with van der Waals surface area (Å²) in [6.07, 6.45) is 0. The fourth-order valence-corrected chi connectivity index (χ4v) is 1.84. The van der Waals surface area contributed by atoms with Gasteiger partial charge in [0.25, 0.3) is 0 Å². The van der Waals surface area contributed by atoms with Gasteiger partial charge in [0.05, 0.1) is 0 Å². The molecule has 1 heterocycles. The van der Waals surface area contributed by atoms with Gasteiger partial charge < -0.3 is 10.6 Å². The summed E-state index contributed by atoms with van der Waals surface area (Å²) in [7, 11) is 0. The largest absolute Gasteiger partial charge is 0.339 e. The Kier molecular flexibility index (Phi) is 4.11. The highest BCUT2D eigenvalue weighted by Crippen LogP contribution is 2.22. The number of rotatable bonds is 3. The van der Waals surface area contributed by atoms with Gasteiger partial charge in [0, 0.05) is 17.1 Å². The van der Waals surface area contributed by atoms with Crippen molar-refractivity contribution in [1.82, 2.24) is 10.2 Å². The first kappa shape index (κ1) is 13.5. The number of nitrogens with one attached hydrogen (secondary N) is 2. The summed E-state index contributed by atoms with van der Waals surface area (Å²) in [4.78, 5) is 10.9. The Morgan fingerprint density at radius 3 is 2.42 bits per heavy atom. The Bertz CT molecular complexity index is 598. The van der Waals surface area contributed by atoms with Gasteiger partial charge in [-0.1, -0.05) is 22.0 Å². The van der Waals surface area contributed by atoms with E-state index < -0.39 is 0 Å². The standard InChI is InChI=1S/C13H13BrN4O/c1-8-3-4-10(7-11(8)14)16-13-6-5-12(17-18-13)15-9(2)19/h3-7H,1-2H3,(H,16,18)(H,15,17,19). The second-order valence-electron chi connectivity index (χ2n) is 4.07. The Hall–Kier alpha value is -1.95. The minimum Gasteiger partial charge on any atom is -0.339 e. The summed E-state index contributed by atoms with van der Waals surface area (Å²) in [6.45, 7) is 3.45. The van der Waals surface area contributed by atoms with Crippen molar-refractivity contribution >= 4 is 39.2 Å². The number of carbonyl (C=O) groups is 1. The van der Waals surface area contributed by atoms with Gasteiger partial charge in [-0.05, 0) is 36.8 Å². The maximum atomic E-state index is 10.9. The molecular weight excluding hydrogens is 308 g/mol. The molecular formula is C13H13BrN4O. The molecule has 0 spiro atoms. The van der Waals surface area contributed by atoms with Crippen molar-refractivity contribution in [3.05, 3.63) is 40.4 Å². The molecule has 0 radical (unpaired) electrons. The number of halogens is 1. The van der Waals surface area contributed by atoms with Gasteiger partial charge in [-0.2, -0.15) is 0 Å². The first-order valence-electron chi connectivity index (χ1n) is 5.69. The maximum Gasteiger partial charge on any atom is 0.222 e. The quantitative estimate of drug-likeness (QED) is 0.911. The molecule has 6 heteroatoms. The molecule has 2 rings (SSSR count). The van der Waals surface area contributed by atoms with Crippen LogP contribution in [0, 0.1) is 6.92 Å². The minimum atomic E-state index is -0.169. The monoisotopic (exact) mass is 320 g/mol. The molecule has 5 nitrogen and oxygen atoms in total. The van der Waals surface area contributed by atoms with Crippen LogP contribution in [0.4, 0.5) is 17.3 Å². The molecule has 2 aromatic rings. The van der Waals surface area contributed by atoms with Crippen LogP contribution in [-0.2, 0) is 4.79 Å². The van der Waals surface area contributed by atoms with Crippen molar-refractivity contribution < 1.29 is 4.79 Å². The molecule has 0 saturated carbocycles. The van der Waals surface area contributed by atoms with Crippen LogP contribution >= 0.6 is 15.9 Å². The molecule has 0 unspecified atom stereocenters. The first-order valence-corrected chi connectivity index (χ1v) is 6.48. The van der Waals surface area contributed by atoms with E-state index in [9.17, 15) is 4.79 Å². The lowest BCUT2D eigenvalue weighted by Crippen LogP contribution is -2.08. The van der Waals surface area contributed by atoms with Crippen LogP contribution < -0.4 is 10.6 Å². The van der Waals surface area contributed by atoms with E-state index in [4.69, 9.17) is 0 Å². The van der Waals surface area contributed by atoms with Crippen molar-refractivity contribution in [3.8, 4) is 0 Å². The van der Waals surface area contributed by atoms with Crippen LogP contribution in [0.3, 0.4) is 0 Å². The van der Waals surface area contributed by atoms with Crippen LogP contribution in [0.1, 0.15) is 12.5 Å². The van der Waals surface area contributed by atoms with Gasteiger partial charge in [0.1, 0.15) is 0 Å². The van der Waals surface area contributed by atoms with Crippen molar-refractivity contribution in [2.45, 2.75) is 13.8 Å².